The Labute approximate surface area is 106 Å². The van der Waals surface area contributed by atoms with Gasteiger partial charge in [0, 0.05) is 30.6 Å². The third-order valence-electron chi connectivity index (χ3n) is 2.90. The average Bonchev–Trinajstić information content (AvgIpc) is 2.38. The summed E-state index contributed by atoms with van der Waals surface area (Å²) in [4.78, 5) is 12.3. The maximum Gasteiger partial charge on any atom is 0.269 e. The van der Waals surface area contributed by atoms with E-state index in [2.05, 4.69) is 0 Å². The minimum Gasteiger partial charge on any atom is -0.344 e. The predicted octanol–water partition coefficient (Wildman–Crippen LogP) is 3.67. The number of aryl methyl sites for hydroxylation is 1. The van der Waals surface area contributed by atoms with Crippen LogP contribution in [0.3, 0.4) is 0 Å². The fourth-order valence-corrected chi connectivity index (χ4v) is 1.92. The summed E-state index contributed by atoms with van der Waals surface area (Å²) < 4.78 is 0. The number of nitrogens with zero attached hydrogens (tertiary/aromatic N) is 2. The van der Waals surface area contributed by atoms with E-state index in [1.165, 1.54) is 6.07 Å². The molecule has 0 unspecified atom stereocenters. The molecular formula is C14H14N2O2. The number of anilines is 2. The summed E-state index contributed by atoms with van der Waals surface area (Å²) in [6.45, 7) is 1.88. The van der Waals surface area contributed by atoms with Crippen LogP contribution in [0, 0.1) is 17.0 Å². The first kappa shape index (κ1) is 12.1. The summed E-state index contributed by atoms with van der Waals surface area (Å²) in [6, 6.07) is 14.8. The van der Waals surface area contributed by atoms with E-state index >= 15 is 0 Å². The number of non-ortho nitro benzene ring substituents is 1. The van der Waals surface area contributed by atoms with Gasteiger partial charge in [0.2, 0.25) is 0 Å². The van der Waals surface area contributed by atoms with Gasteiger partial charge >= 0.3 is 0 Å². The van der Waals surface area contributed by atoms with Crippen LogP contribution in [0.25, 0.3) is 0 Å². The average molecular weight is 242 g/mol. The van der Waals surface area contributed by atoms with E-state index < -0.39 is 0 Å². The van der Waals surface area contributed by atoms with Crippen molar-refractivity contribution in [1.82, 2.24) is 0 Å². The molecule has 0 amide bonds. The highest BCUT2D eigenvalue weighted by Gasteiger charge is 2.11. The van der Waals surface area contributed by atoms with Gasteiger partial charge in [-0.3, -0.25) is 10.1 Å². The molecule has 0 saturated heterocycles. The van der Waals surface area contributed by atoms with Crippen molar-refractivity contribution in [2.45, 2.75) is 6.92 Å². The fraction of sp³-hybridized carbons (Fsp3) is 0.143. The zero-order valence-corrected chi connectivity index (χ0v) is 10.3. The molecule has 0 aliphatic rings. The molecule has 0 aliphatic carbocycles. The van der Waals surface area contributed by atoms with E-state index in [4.69, 9.17) is 0 Å². The van der Waals surface area contributed by atoms with Crippen molar-refractivity contribution in [3.05, 3.63) is 64.2 Å². The van der Waals surface area contributed by atoms with Gasteiger partial charge in [0.15, 0.2) is 0 Å². The molecule has 18 heavy (non-hydrogen) atoms. The van der Waals surface area contributed by atoms with Gasteiger partial charge in [0.25, 0.3) is 5.69 Å². The zero-order chi connectivity index (χ0) is 13.1. The Kier molecular flexibility index (Phi) is 3.28. The van der Waals surface area contributed by atoms with Crippen molar-refractivity contribution in [3.63, 3.8) is 0 Å². The van der Waals surface area contributed by atoms with Gasteiger partial charge in [0.05, 0.1) is 4.92 Å². The highest BCUT2D eigenvalue weighted by atomic mass is 16.6. The molecule has 0 atom stereocenters. The zero-order valence-electron chi connectivity index (χ0n) is 10.3. The summed E-state index contributed by atoms with van der Waals surface area (Å²) >= 11 is 0. The number of nitro benzene ring substituents is 1. The van der Waals surface area contributed by atoms with Crippen molar-refractivity contribution in [3.8, 4) is 0 Å². The molecule has 0 N–H and O–H groups in total. The van der Waals surface area contributed by atoms with E-state index in [1.807, 2.05) is 49.2 Å². The Morgan fingerprint density at radius 1 is 1.11 bits per heavy atom. The predicted molar refractivity (Wildman–Crippen MR) is 72.3 cm³/mol. The third kappa shape index (κ3) is 2.32. The van der Waals surface area contributed by atoms with Gasteiger partial charge in [-0.15, -0.1) is 0 Å². The maximum absolute atomic E-state index is 10.7. The summed E-state index contributed by atoms with van der Waals surface area (Å²) in [5.74, 6) is 0. The Balaban J connectivity index is 2.37. The van der Waals surface area contributed by atoms with Crippen molar-refractivity contribution in [2.75, 3.05) is 11.9 Å². The lowest BCUT2D eigenvalue weighted by Crippen LogP contribution is -2.10. The molecule has 2 rings (SSSR count). The van der Waals surface area contributed by atoms with Crippen molar-refractivity contribution >= 4 is 17.1 Å². The molecule has 2 aromatic carbocycles. The lowest BCUT2D eigenvalue weighted by atomic mass is 10.1. The minimum atomic E-state index is -0.376. The summed E-state index contributed by atoms with van der Waals surface area (Å²) in [6.07, 6.45) is 0. The first-order valence-electron chi connectivity index (χ1n) is 5.63. The summed E-state index contributed by atoms with van der Waals surface area (Å²) in [7, 11) is 1.95. The summed E-state index contributed by atoms with van der Waals surface area (Å²) in [5.41, 5.74) is 3.02. The molecule has 0 heterocycles. The van der Waals surface area contributed by atoms with Crippen molar-refractivity contribution in [1.29, 1.82) is 0 Å². The highest BCUT2D eigenvalue weighted by molar-refractivity contribution is 5.67. The number of nitro groups is 1. The molecule has 0 radical (unpaired) electrons. The largest absolute Gasteiger partial charge is 0.344 e. The standard InChI is InChI=1S/C14H14N2O2/c1-11-10-13(16(17)18)8-9-14(11)15(2)12-6-4-3-5-7-12/h3-10H,1-2H3. The molecular weight excluding hydrogens is 228 g/mol. The van der Waals surface area contributed by atoms with E-state index in [1.54, 1.807) is 12.1 Å². The van der Waals surface area contributed by atoms with Crippen molar-refractivity contribution in [2.24, 2.45) is 0 Å². The van der Waals surface area contributed by atoms with Crippen LogP contribution in [-0.2, 0) is 0 Å². The molecule has 92 valence electrons. The van der Waals surface area contributed by atoms with Gasteiger partial charge in [0.1, 0.15) is 0 Å². The number of benzene rings is 2. The highest BCUT2D eigenvalue weighted by Crippen LogP contribution is 2.28. The Morgan fingerprint density at radius 3 is 2.33 bits per heavy atom. The van der Waals surface area contributed by atoms with Crippen LogP contribution in [0.5, 0.6) is 0 Å². The minimum absolute atomic E-state index is 0.123. The second kappa shape index (κ2) is 4.87. The Bertz CT molecular complexity index is 567. The quantitative estimate of drug-likeness (QED) is 0.609. The molecule has 0 spiro atoms. The van der Waals surface area contributed by atoms with Gasteiger partial charge in [-0.2, -0.15) is 0 Å². The third-order valence-corrected chi connectivity index (χ3v) is 2.90. The van der Waals surface area contributed by atoms with Crippen LogP contribution in [0.4, 0.5) is 17.1 Å². The molecule has 0 saturated carbocycles. The Morgan fingerprint density at radius 2 is 1.78 bits per heavy atom. The molecule has 4 heteroatoms. The van der Waals surface area contributed by atoms with E-state index in [-0.39, 0.29) is 10.6 Å². The first-order valence-corrected chi connectivity index (χ1v) is 5.63. The van der Waals surface area contributed by atoms with Gasteiger partial charge in [-0.1, -0.05) is 18.2 Å². The monoisotopic (exact) mass is 242 g/mol. The number of hydrogen-bond donors (Lipinski definition) is 0. The van der Waals surface area contributed by atoms with Gasteiger partial charge in [-0.05, 0) is 30.7 Å². The lowest BCUT2D eigenvalue weighted by Gasteiger charge is -2.21. The fourth-order valence-electron chi connectivity index (χ4n) is 1.92. The van der Waals surface area contributed by atoms with Crippen LogP contribution >= 0.6 is 0 Å². The van der Waals surface area contributed by atoms with Crippen LogP contribution in [0.15, 0.2) is 48.5 Å². The molecule has 0 bridgehead atoms. The number of rotatable bonds is 3. The SMILES string of the molecule is Cc1cc([N+](=O)[O-])ccc1N(C)c1ccccc1. The molecule has 4 nitrogen and oxygen atoms in total. The lowest BCUT2D eigenvalue weighted by molar-refractivity contribution is -0.384. The molecule has 0 aliphatic heterocycles. The second-order valence-electron chi connectivity index (χ2n) is 4.12. The smallest absolute Gasteiger partial charge is 0.269 e. The van der Waals surface area contributed by atoms with Crippen LogP contribution in [-0.4, -0.2) is 12.0 Å². The molecule has 0 aromatic heterocycles. The van der Waals surface area contributed by atoms with E-state index in [9.17, 15) is 10.1 Å². The van der Waals surface area contributed by atoms with Gasteiger partial charge < -0.3 is 4.90 Å². The van der Waals surface area contributed by atoms with Crippen LogP contribution < -0.4 is 4.90 Å². The van der Waals surface area contributed by atoms with Crippen LogP contribution in [0.1, 0.15) is 5.56 Å². The normalized spacial score (nSPS) is 10.1. The molecule has 0 fully saturated rings. The van der Waals surface area contributed by atoms with Gasteiger partial charge in [-0.25, -0.2) is 0 Å². The maximum atomic E-state index is 10.7. The van der Waals surface area contributed by atoms with Crippen LogP contribution in [0.2, 0.25) is 0 Å². The Hall–Kier alpha value is -2.36. The number of hydrogen-bond acceptors (Lipinski definition) is 3. The second-order valence-corrected chi connectivity index (χ2v) is 4.12. The van der Waals surface area contributed by atoms with E-state index in [0.717, 1.165) is 16.9 Å². The molecule has 2 aromatic rings. The first-order chi connectivity index (χ1) is 8.59. The topological polar surface area (TPSA) is 46.4 Å². The van der Waals surface area contributed by atoms with Crippen molar-refractivity contribution < 1.29 is 4.92 Å². The summed E-state index contributed by atoms with van der Waals surface area (Å²) in [5, 5.41) is 10.7. The number of para-hydroxylation sites is 1. The van der Waals surface area contributed by atoms with E-state index in [0.29, 0.717) is 0 Å².